The molecule has 37 heavy (non-hydrogen) atoms. The number of carbonyl (C=O) groups is 4. The number of phenolic OH excluding ortho intramolecular Hbond substituents is 1. The SMILES string of the molecule is CN(C)[C@@H]1C(=O)C(C(N)=O)=C(O)[C@@]2(O)C(=O)C3=C(O)c4c(O)ccc(C(=O)CNC5CC5)c4C[C@H]3C[C@@H]12. The van der Waals surface area contributed by atoms with Crippen LogP contribution in [0.5, 0.6) is 5.75 Å². The van der Waals surface area contributed by atoms with Crippen LogP contribution in [0.1, 0.15) is 40.7 Å². The first kappa shape index (κ1) is 25.1. The Morgan fingerprint density at radius 3 is 2.43 bits per heavy atom. The summed E-state index contributed by atoms with van der Waals surface area (Å²) in [6.45, 7) is 0.0803. The van der Waals surface area contributed by atoms with Gasteiger partial charge >= 0.3 is 0 Å². The van der Waals surface area contributed by atoms with E-state index in [1.54, 1.807) is 0 Å². The van der Waals surface area contributed by atoms with Gasteiger partial charge in [0, 0.05) is 23.1 Å². The number of hydrogen-bond donors (Lipinski definition) is 6. The number of benzene rings is 1. The summed E-state index contributed by atoms with van der Waals surface area (Å²) in [6.07, 6.45) is 2.03. The van der Waals surface area contributed by atoms with Crippen LogP contribution >= 0.6 is 0 Å². The fourth-order valence-corrected chi connectivity index (χ4v) is 6.12. The van der Waals surface area contributed by atoms with Gasteiger partial charge in [-0.3, -0.25) is 24.1 Å². The van der Waals surface area contributed by atoms with E-state index in [2.05, 4.69) is 5.32 Å². The Labute approximate surface area is 212 Å². The number of Topliss-reactive ketones (excluding diaryl/α,β-unsaturated/α-hetero) is 3. The molecule has 4 atom stereocenters. The summed E-state index contributed by atoms with van der Waals surface area (Å²) in [5.74, 6) is -7.42. The van der Waals surface area contributed by atoms with Gasteiger partial charge in [-0.15, -0.1) is 0 Å². The third kappa shape index (κ3) is 3.60. The number of rotatable bonds is 6. The first-order chi connectivity index (χ1) is 17.4. The highest BCUT2D eigenvalue weighted by Crippen LogP contribution is 2.52. The fourth-order valence-electron chi connectivity index (χ4n) is 6.12. The molecule has 1 aromatic rings. The van der Waals surface area contributed by atoms with Gasteiger partial charge < -0.3 is 31.5 Å². The molecule has 2 saturated carbocycles. The van der Waals surface area contributed by atoms with Gasteiger partial charge in [0.1, 0.15) is 22.8 Å². The second-order valence-electron chi connectivity index (χ2n) is 10.5. The second kappa shape index (κ2) is 8.51. The minimum Gasteiger partial charge on any atom is -0.508 e. The van der Waals surface area contributed by atoms with Crippen LogP contribution < -0.4 is 11.1 Å². The number of likely N-dealkylation sites (N-methyl/N-ethyl adjacent to an activating group) is 1. The molecule has 5 rings (SSSR count). The Morgan fingerprint density at radius 2 is 1.84 bits per heavy atom. The number of aliphatic hydroxyl groups is 3. The van der Waals surface area contributed by atoms with Gasteiger partial charge in [-0.25, -0.2) is 0 Å². The highest BCUT2D eigenvalue weighted by molar-refractivity contribution is 6.24. The lowest BCUT2D eigenvalue weighted by Gasteiger charge is -2.50. The van der Waals surface area contributed by atoms with E-state index in [9.17, 15) is 39.6 Å². The summed E-state index contributed by atoms with van der Waals surface area (Å²) >= 11 is 0. The van der Waals surface area contributed by atoms with Gasteiger partial charge in [0.2, 0.25) is 5.78 Å². The number of nitrogens with zero attached hydrogens (tertiary/aromatic N) is 1. The van der Waals surface area contributed by atoms with Gasteiger partial charge in [0.15, 0.2) is 17.2 Å². The zero-order valence-corrected chi connectivity index (χ0v) is 20.4. The molecule has 11 nitrogen and oxygen atoms in total. The summed E-state index contributed by atoms with van der Waals surface area (Å²) in [4.78, 5) is 53.4. The number of primary amides is 1. The number of ketones is 3. The zero-order valence-electron chi connectivity index (χ0n) is 20.4. The van der Waals surface area contributed by atoms with Crippen LogP contribution in [-0.4, -0.2) is 86.9 Å². The van der Waals surface area contributed by atoms with Gasteiger partial charge in [-0.1, -0.05) is 0 Å². The molecule has 0 bridgehead atoms. The smallest absolute Gasteiger partial charge is 0.255 e. The van der Waals surface area contributed by atoms with E-state index in [0.29, 0.717) is 17.2 Å². The molecule has 1 aromatic carbocycles. The first-order valence-electron chi connectivity index (χ1n) is 12.2. The normalized spacial score (nSPS) is 29.2. The van der Waals surface area contributed by atoms with Gasteiger partial charge in [-0.2, -0.15) is 0 Å². The van der Waals surface area contributed by atoms with Crippen LogP contribution in [0.4, 0.5) is 0 Å². The van der Waals surface area contributed by atoms with Crippen LogP contribution in [0.25, 0.3) is 5.76 Å². The largest absolute Gasteiger partial charge is 0.508 e. The maximum Gasteiger partial charge on any atom is 0.255 e. The Balaban J connectivity index is 1.65. The molecule has 0 unspecified atom stereocenters. The number of aromatic hydroxyl groups is 1. The third-order valence-electron chi connectivity index (χ3n) is 8.03. The van der Waals surface area contributed by atoms with Crippen molar-refractivity contribution in [3.63, 3.8) is 0 Å². The number of phenols is 1. The maximum absolute atomic E-state index is 13.8. The van der Waals surface area contributed by atoms with E-state index >= 15 is 0 Å². The summed E-state index contributed by atoms with van der Waals surface area (Å²) in [5, 5.41) is 47.4. The maximum atomic E-state index is 13.8. The van der Waals surface area contributed by atoms with E-state index in [0.717, 1.165) is 12.8 Å². The van der Waals surface area contributed by atoms with Crippen molar-refractivity contribution < 1.29 is 39.6 Å². The predicted octanol–water partition coefficient (Wildman–Crippen LogP) is -0.101. The van der Waals surface area contributed by atoms with E-state index in [1.165, 1.54) is 31.1 Å². The summed E-state index contributed by atoms with van der Waals surface area (Å²) in [5.41, 5.74) is 2.09. The minimum atomic E-state index is -2.69. The Kier molecular flexibility index (Phi) is 5.78. The van der Waals surface area contributed by atoms with Crippen molar-refractivity contribution in [2.75, 3.05) is 20.6 Å². The molecule has 4 aliphatic rings. The van der Waals surface area contributed by atoms with Crippen LogP contribution in [0.15, 0.2) is 29.0 Å². The highest BCUT2D eigenvalue weighted by atomic mass is 16.3. The molecule has 0 radical (unpaired) electrons. The van der Waals surface area contributed by atoms with Crippen molar-refractivity contribution in [3.05, 3.63) is 45.7 Å². The number of nitrogens with one attached hydrogen (secondary N) is 1. The van der Waals surface area contributed by atoms with E-state index < -0.39 is 58.0 Å². The zero-order chi connectivity index (χ0) is 27.0. The lowest BCUT2D eigenvalue weighted by molar-refractivity contribution is -0.153. The van der Waals surface area contributed by atoms with Crippen molar-refractivity contribution in [1.82, 2.24) is 10.2 Å². The number of nitrogens with two attached hydrogens (primary N) is 1. The average molecular weight is 512 g/mol. The molecule has 1 amide bonds. The summed E-state index contributed by atoms with van der Waals surface area (Å²) in [7, 11) is 3.07. The summed E-state index contributed by atoms with van der Waals surface area (Å²) in [6, 6.07) is 1.87. The average Bonchev–Trinajstić information content (AvgIpc) is 3.64. The highest BCUT2D eigenvalue weighted by Gasteiger charge is 2.64. The number of fused-ring (bicyclic) bond motifs is 3. The number of hydrogen-bond acceptors (Lipinski definition) is 10. The minimum absolute atomic E-state index is 0.0324. The number of aliphatic hydroxyl groups excluding tert-OH is 2. The van der Waals surface area contributed by atoms with Crippen molar-refractivity contribution in [3.8, 4) is 5.75 Å². The molecule has 0 aliphatic heterocycles. The number of amides is 1. The van der Waals surface area contributed by atoms with Crippen molar-refractivity contribution >= 4 is 29.0 Å². The molecule has 2 fully saturated rings. The first-order valence-corrected chi connectivity index (χ1v) is 12.2. The van der Waals surface area contributed by atoms with E-state index in [4.69, 9.17) is 5.73 Å². The quantitative estimate of drug-likeness (QED) is 0.222. The van der Waals surface area contributed by atoms with Crippen LogP contribution in [-0.2, 0) is 20.8 Å². The molecule has 7 N–H and O–H groups in total. The second-order valence-corrected chi connectivity index (χ2v) is 10.5. The van der Waals surface area contributed by atoms with Crippen molar-refractivity contribution in [2.24, 2.45) is 17.6 Å². The summed E-state index contributed by atoms with van der Waals surface area (Å²) < 4.78 is 0. The Hall–Kier alpha value is -3.54. The molecule has 11 heteroatoms. The lowest BCUT2D eigenvalue weighted by atomic mass is 9.57. The van der Waals surface area contributed by atoms with Gasteiger partial charge in [-0.05, 0) is 63.4 Å². The van der Waals surface area contributed by atoms with Crippen LogP contribution in [0.3, 0.4) is 0 Å². The Bertz CT molecular complexity index is 1330. The third-order valence-corrected chi connectivity index (χ3v) is 8.03. The van der Waals surface area contributed by atoms with E-state index in [1.807, 2.05) is 0 Å². The van der Waals surface area contributed by atoms with Gasteiger partial charge in [0.05, 0.1) is 18.2 Å². The molecular formula is C26H29N3O8. The fraction of sp³-hybridized carbons (Fsp3) is 0.462. The number of carbonyl (C=O) groups excluding carboxylic acids is 4. The van der Waals surface area contributed by atoms with Crippen molar-refractivity contribution in [1.29, 1.82) is 0 Å². The van der Waals surface area contributed by atoms with Crippen LogP contribution in [0.2, 0.25) is 0 Å². The van der Waals surface area contributed by atoms with Gasteiger partial charge in [0.25, 0.3) is 5.91 Å². The lowest BCUT2D eigenvalue weighted by Crippen LogP contribution is -2.65. The molecular weight excluding hydrogens is 482 g/mol. The van der Waals surface area contributed by atoms with E-state index in [-0.39, 0.29) is 42.1 Å². The standard InChI is InChI=1S/C26H29N3O8/c1-29(2)20-14-8-10-7-13-12(16(31)9-28-11-3-4-11)5-6-15(30)18(13)21(32)17(10)23(34)26(14,37)24(35)19(22(20)33)25(27)36/h5-6,10-11,14,20,28,30,32,35,37H,3-4,7-9H2,1-2H3,(H2,27,36)/t10-,14-,20-,26-/m0/s1. The van der Waals surface area contributed by atoms with Crippen molar-refractivity contribution in [2.45, 2.75) is 43.4 Å². The topological polar surface area (TPSA) is 190 Å². The molecule has 196 valence electrons. The molecule has 4 aliphatic carbocycles. The molecule has 0 aromatic heterocycles. The molecule has 0 heterocycles. The molecule has 0 saturated heterocycles. The van der Waals surface area contributed by atoms with Crippen LogP contribution in [0, 0.1) is 11.8 Å². The predicted molar refractivity (Wildman–Crippen MR) is 130 cm³/mol. The monoisotopic (exact) mass is 511 g/mol. The Morgan fingerprint density at radius 1 is 1.16 bits per heavy atom. The molecule has 0 spiro atoms.